The molecule has 0 atom stereocenters. The average molecular weight is 588 g/mol. The lowest BCUT2D eigenvalue weighted by Crippen LogP contribution is -1.96. The monoisotopic (exact) mass is 587 g/mol. The first kappa shape index (κ1) is 27.4. The topological polar surface area (TPSA) is 38.7 Å². The number of nitrogens with zero attached hydrogens (tertiary/aromatic N) is 3. The van der Waals surface area contributed by atoms with E-state index in [1.165, 1.54) is 27.5 Å². The van der Waals surface area contributed by atoms with Gasteiger partial charge < -0.3 is 0 Å². The van der Waals surface area contributed by atoms with E-state index in [-0.39, 0.29) is 0 Å². The SMILES string of the molecule is c1ccc(-c2cc(-c3cc(-c4cccc(-c5ccc(-c6cccnc6)cc5)c4)c4ccccc4c3)nc(-c3ccccc3)n2)cc1. The lowest BCUT2D eigenvalue weighted by atomic mass is 9.92. The summed E-state index contributed by atoms with van der Waals surface area (Å²) in [5, 5.41) is 2.37. The molecule has 0 unspecified atom stereocenters. The molecular formula is C43H29N3. The molecule has 0 aliphatic heterocycles. The van der Waals surface area contributed by atoms with Crippen molar-refractivity contribution in [2.24, 2.45) is 0 Å². The van der Waals surface area contributed by atoms with E-state index >= 15 is 0 Å². The first-order chi connectivity index (χ1) is 22.8. The van der Waals surface area contributed by atoms with Gasteiger partial charge in [-0.2, -0.15) is 0 Å². The Balaban J connectivity index is 1.25. The molecule has 0 aliphatic rings. The van der Waals surface area contributed by atoms with Crippen LogP contribution in [-0.4, -0.2) is 15.0 Å². The molecule has 0 spiro atoms. The minimum atomic E-state index is 0.711. The summed E-state index contributed by atoms with van der Waals surface area (Å²) < 4.78 is 0. The second kappa shape index (κ2) is 12.1. The molecule has 46 heavy (non-hydrogen) atoms. The molecule has 216 valence electrons. The first-order valence-corrected chi connectivity index (χ1v) is 15.4. The zero-order valence-electron chi connectivity index (χ0n) is 25.1. The number of rotatable bonds is 6. The van der Waals surface area contributed by atoms with E-state index in [1.54, 1.807) is 6.20 Å². The molecule has 2 aromatic heterocycles. The Morgan fingerprint density at radius 1 is 0.348 bits per heavy atom. The van der Waals surface area contributed by atoms with Gasteiger partial charge in [-0.05, 0) is 74.5 Å². The highest BCUT2D eigenvalue weighted by molar-refractivity contribution is 6.00. The highest BCUT2D eigenvalue weighted by Crippen LogP contribution is 2.37. The van der Waals surface area contributed by atoms with Gasteiger partial charge in [0.15, 0.2) is 5.82 Å². The third-order valence-electron chi connectivity index (χ3n) is 8.37. The van der Waals surface area contributed by atoms with E-state index in [0.29, 0.717) is 5.82 Å². The lowest BCUT2D eigenvalue weighted by Gasteiger charge is -2.14. The molecule has 0 bridgehead atoms. The Kier molecular flexibility index (Phi) is 7.18. The highest BCUT2D eigenvalue weighted by atomic mass is 14.9. The number of hydrogen-bond donors (Lipinski definition) is 0. The predicted molar refractivity (Wildman–Crippen MR) is 190 cm³/mol. The molecule has 0 aliphatic carbocycles. The van der Waals surface area contributed by atoms with Crippen LogP contribution >= 0.6 is 0 Å². The van der Waals surface area contributed by atoms with E-state index in [9.17, 15) is 0 Å². The van der Waals surface area contributed by atoms with E-state index in [0.717, 1.165) is 44.8 Å². The van der Waals surface area contributed by atoms with E-state index < -0.39 is 0 Å². The van der Waals surface area contributed by atoms with Gasteiger partial charge >= 0.3 is 0 Å². The van der Waals surface area contributed by atoms with Crippen molar-refractivity contribution in [3.63, 3.8) is 0 Å². The van der Waals surface area contributed by atoms with Crippen LogP contribution in [0.3, 0.4) is 0 Å². The molecule has 8 aromatic rings. The summed E-state index contributed by atoms with van der Waals surface area (Å²) in [6.45, 7) is 0. The van der Waals surface area contributed by atoms with Crippen molar-refractivity contribution in [1.29, 1.82) is 0 Å². The summed E-state index contributed by atoms with van der Waals surface area (Å²) in [7, 11) is 0. The summed E-state index contributed by atoms with van der Waals surface area (Å²) in [4.78, 5) is 14.4. The van der Waals surface area contributed by atoms with Crippen molar-refractivity contribution < 1.29 is 0 Å². The van der Waals surface area contributed by atoms with E-state index in [4.69, 9.17) is 9.97 Å². The van der Waals surface area contributed by atoms with Crippen molar-refractivity contribution in [3.05, 3.63) is 176 Å². The van der Waals surface area contributed by atoms with Crippen LogP contribution in [0.25, 0.3) is 78.1 Å². The Morgan fingerprint density at radius 2 is 0.957 bits per heavy atom. The van der Waals surface area contributed by atoms with Crippen LogP contribution in [0.5, 0.6) is 0 Å². The maximum atomic E-state index is 5.12. The van der Waals surface area contributed by atoms with Gasteiger partial charge in [0.05, 0.1) is 11.4 Å². The summed E-state index contributed by atoms with van der Waals surface area (Å²) in [6.07, 6.45) is 3.70. The Labute approximate surface area is 268 Å². The van der Waals surface area contributed by atoms with Gasteiger partial charge in [-0.15, -0.1) is 0 Å². The number of benzene rings is 6. The summed E-state index contributed by atoms with van der Waals surface area (Å²) in [5.74, 6) is 0.711. The van der Waals surface area contributed by atoms with Crippen molar-refractivity contribution in [2.75, 3.05) is 0 Å². The Hall–Kier alpha value is -6.19. The molecule has 8 rings (SSSR count). The van der Waals surface area contributed by atoms with Crippen molar-refractivity contribution in [2.45, 2.75) is 0 Å². The molecule has 0 saturated carbocycles. The van der Waals surface area contributed by atoms with Crippen LogP contribution in [0.4, 0.5) is 0 Å². The zero-order valence-corrected chi connectivity index (χ0v) is 25.1. The Bertz CT molecular complexity index is 2220. The van der Waals surface area contributed by atoms with E-state index in [2.05, 4.69) is 126 Å². The van der Waals surface area contributed by atoms with Gasteiger partial charge in [-0.25, -0.2) is 9.97 Å². The number of pyridine rings is 1. The largest absolute Gasteiger partial charge is 0.264 e. The first-order valence-electron chi connectivity index (χ1n) is 15.4. The van der Waals surface area contributed by atoms with Gasteiger partial charge in [0.25, 0.3) is 0 Å². The maximum absolute atomic E-state index is 5.12. The summed E-state index contributed by atoms with van der Waals surface area (Å²) in [5.41, 5.74) is 11.8. The van der Waals surface area contributed by atoms with Crippen LogP contribution < -0.4 is 0 Å². The summed E-state index contributed by atoms with van der Waals surface area (Å²) in [6, 6.07) is 57.3. The molecule has 0 saturated heterocycles. The van der Waals surface area contributed by atoms with Gasteiger partial charge in [0, 0.05) is 29.1 Å². The van der Waals surface area contributed by atoms with Gasteiger partial charge in [-0.1, -0.05) is 133 Å². The van der Waals surface area contributed by atoms with Crippen LogP contribution in [-0.2, 0) is 0 Å². The van der Waals surface area contributed by atoms with Gasteiger partial charge in [0.2, 0.25) is 0 Å². The molecule has 0 radical (unpaired) electrons. The van der Waals surface area contributed by atoms with Crippen LogP contribution in [0.15, 0.2) is 176 Å². The summed E-state index contributed by atoms with van der Waals surface area (Å²) >= 11 is 0. The highest BCUT2D eigenvalue weighted by Gasteiger charge is 2.14. The third-order valence-corrected chi connectivity index (χ3v) is 8.37. The number of fused-ring (bicyclic) bond motifs is 1. The molecule has 0 N–H and O–H groups in total. The van der Waals surface area contributed by atoms with Crippen molar-refractivity contribution in [3.8, 4) is 67.3 Å². The minimum absolute atomic E-state index is 0.711. The number of hydrogen-bond acceptors (Lipinski definition) is 3. The molecule has 2 heterocycles. The fourth-order valence-electron chi connectivity index (χ4n) is 6.02. The minimum Gasteiger partial charge on any atom is -0.264 e. The van der Waals surface area contributed by atoms with Crippen LogP contribution in [0.1, 0.15) is 0 Å². The second-order valence-electron chi connectivity index (χ2n) is 11.3. The number of aromatic nitrogens is 3. The lowest BCUT2D eigenvalue weighted by molar-refractivity contribution is 1.18. The third kappa shape index (κ3) is 5.47. The quantitative estimate of drug-likeness (QED) is 0.194. The van der Waals surface area contributed by atoms with Crippen LogP contribution in [0.2, 0.25) is 0 Å². The smallest absolute Gasteiger partial charge is 0.160 e. The fraction of sp³-hybridized carbons (Fsp3) is 0. The van der Waals surface area contributed by atoms with Crippen LogP contribution in [0, 0.1) is 0 Å². The maximum Gasteiger partial charge on any atom is 0.160 e. The standard InChI is InChI=1S/C43H29N3/c1-3-11-32(12-4-1)41-28-42(46-43(45-41)33-13-5-2-6-14-33)38-26-35-15-7-8-19-39(35)40(27-38)36-17-9-16-34(25-36)30-20-22-31(23-21-30)37-18-10-24-44-29-37/h1-29H. The molecule has 3 heteroatoms. The average Bonchev–Trinajstić information content (AvgIpc) is 3.15. The zero-order chi connectivity index (χ0) is 30.7. The fourth-order valence-corrected chi connectivity index (χ4v) is 6.02. The predicted octanol–water partition coefficient (Wildman–Crippen LogP) is 11.0. The van der Waals surface area contributed by atoms with Gasteiger partial charge in [0.1, 0.15) is 0 Å². The van der Waals surface area contributed by atoms with Gasteiger partial charge in [-0.3, -0.25) is 4.98 Å². The molecule has 0 amide bonds. The Morgan fingerprint density at radius 3 is 1.70 bits per heavy atom. The molecule has 3 nitrogen and oxygen atoms in total. The molecule has 0 fully saturated rings. The van der Waals surface area contributed by atoms with E-state index in [1.807, 2.05) is 48.7 Å². The van der Waals surface area contributed by atoms with Crippen molar-refractivity contribution >= 4 is 10.8 Å². The molecular weight excluding hydrogens is 558 g/mol. The second-order valence-corrected chi connectivity index (χ2v) is 11.3. The van der Waals surface area contributed by atoms with Crippen molar-refractivity contribution in [1.82, 2.24) is 15.0 Å². The molecule has 6 aromatic carbocycles. The normalized spacial score (nSPS) is 11.0.